The maximum absolute atomic E-state index is 13.5. The van der Waals surface area contributed by atoms with E-state index in [1.807, 2.05) is 37.9 Å². The lowest BCUT2D eigenvalue weighted by Crippen LogP contribution is -2.39. The van der Waals surface area contributed by atoms with Gasteiger partial charge in [-0.1, -0.05) is 12.1 Å². The second kappa shape index (κ2) is 8.45. The highest BCUT2D eigenvalue weighted by atomic mass is 19.1. The Labute approximate surface area is 181 Å². The van der Waals surface area contributed by atoms with Crippen LogP contribution in [0.2, 0.25) is 0 Å². The van der Waals surface area contributed by atoms with E-state index in [1.54, 1.807) is 29.2 Å². The van der Waals surface area contributed by atoms with Gasteiger partial charge in [-0.15, -0.1) is 0 Å². The van der Waals surface area contributed by atoms with Crippen LogP contribution < -0.4 is 4.90 Å². The molecule has 3 aromatic rings. The van der Waals surface area contributed by atoms with Gasteiger partial charge in [-0.05, 0) is 37.5 Å². The number of halogens is 1. The molecule has 8 heteroatoms. The van der Waals surface area contributed by atoms with Crippen LogP contribution in [0.15, 0.2) is 36.7 Å². The molecule has 4 rings (SSSR count). The van der Waals surface area contributed by atoms with Crippen LogP contribution in [0.5, 0.6) is 0 Å². The van der Waals surface area contributed by atoms with Gasteiger partial charge in [-0.2, -0.15) is 5.10 Å². The van der Waals surface area contributed by atoms with Crippen LogP contribution >= 0.6 is 0 Å². The number of hydrogen-bond acceptors (Lipinski definition) is 5. The lowest BCUT2D eigenvalue weighted by atomic mass is 9.89. The lowest BCUT2D eigenvalue weighted by molar-refractivity contribution is 0.0705. The van der Waals surface area contributed by atoms with Gasteiger partial charge in [-0.25, -0.2) is 14.4 Å². The normalized spacial score (nSPS) is 16.4. The molecule has 31 heavy (non-hydrogen) atoms. The average molecular weight is 423 g/mol. The molecule has 2 aromatic heterocycles. The number of nitrogens with zero attached hydrogens (tertiary/aromatic N) is 6. The minimum atomic E-state index is -0.280. The van der Waals surface area contributed by atoms with Crippen LogP contribution in [0.25, 0.3) is 11.1 Å². The van der Waals surface area contributed by atoms with Gasteiger partial charge in [0.2, 0.25) is 5.95 Å². The first kappa shape index (κ1) is 21.0. The molecule has 0 saturated carbocycles. The lowest BCUT2D eigenvalue weighted by Gasteiger charge is -2.33. The highest BCUT2D eigenvalue weighted by Crippen LogP contribution is 2.34. The van der Waals surface area contributed by atoms with Crippen molar-refractivity contribution in [1.82, 2.24) is 24.6 Å². The Morgan fingerprint density at radius 2 is 1.97 bits per heavy atom. The number of hydrogen-bond donors (Lipinski definition) is 0. The third-order valence-corrected chi connectivity index (χ3v) is 5.70. The van der Waals surface area contributed by atoms with Crippen LogP contribution in [0, 0.1) is 12.7 Å². The number of rotatable bonds is 4. The molecule has 1 atom stereocenters. The molecule has 0 bridgehead atoms. The topological polar surface area (TPSA) is 67.2 Å². The van der Waals surface area contributed by atoms with Gasteiger partial charge in [0, 0.05) is 58.1 Å². The molecule has 1 aliphatic rings. The highest BCUT2D eigenvalue weighted by molar-refractivity contribution is 5.95. The predicted octanol–water partition coefficient (Wildman–Crippen LogP) is 3.41. The fraction of sp³-hybridized carbons (Fsp3) is 0.391. The van der Waals surface area contributed by atoms with Gasteiger partial charge >= 0.3 is 0 Å². The van der Waals surface area contributed by atoms with Crippen LogP contribution in [0.1, 0.15) is 40.5 Å². The molecule has 0 spiro atoms. The predicted molar refractivity (Wildman–Crippen MR) is 118 cm³/mol. The Bertz CT molecular complexity index is 1090. The number of anilines is 1. The Hall–Kier alpha value is -3.29. The number of aryl methyl sites for hydroxylation is 2. The van der Waals surface area contributed by atoms with E-state index in [2.05, 4.69) is 10.1 Å². The first-order valence-corrected chi connectivity index (χ1v) is 10.4. The van der Waals surface area contributed by atoms with Crippen molar-refractivity contribution in [1.29, 1.82) is 0 Å². The smallest absolute Gasteiger partial charge is 0.257 e. The first-order chi connectivity index (χ1) is 14.8. The summed E-state index contributed by atoms with van der Waals surface area (Å²) >= 11 is 0. The molecule has 1 fully saturated rings. The second-order valence-corrected chi connectivity index (χ2v) is 8.26. The minimum absolute atomic E-state index is 0.000483. The molecule has 1 amide bonds. The Morgan fingerprint density at radius 3 is 2.61 bits per heavy atom. The fourth-order valence-corrected chi connectivity index (χ4v) is 4.13. The zero-order valence-electron chi connectivity index (χ0n) is 18.3. The van der Waals surface area contributed by atoms with Gasteiger partial charge in [0.25, 0.3) is 5.91 Å². The molecule has 1 aliphatic heterocycles. The van der Waals surface area contributed by atoms with Crippen molar-refractivity contribution in [2.45, 2.75) is 25.7 Å². The average Bonchev–Trinajstić information content (AvgIpc) is 3.11. The summed E-state index contributed by atoms with van der Waals surface area (Å²) in [6, 6.07) is 6.39. The van der Waals surface area contributed by atoms with E-state index in [0.29, 0.717) is 24.6 Å². The Balaban J connectivity index is 1.68. The third kappa shape index (κ3) is 4.28. The standard InChI is InChI=1S/C23H27FN6O/c1-15-20(14-29(4)27-15)22(31)30-11-5-6-17(13-30)21-19(12-25-23(26-21)28(2)3)16-7-9-18(24)10-8-16/h7-10,12,14,17H,5-6,11,13H2,1-4H3/t17-/m1/s1. The van der Waals surface area contributed by atoms with E-state index in [1.165, 1.54) is 12.1 Å². The molecular weight excluding hydrogens is 395 g/mol. The van der Waals surface area contributed by atoms with E-state index in [4.69, 9.17) is 4.98 Å². The minimum Gasteiger partial charge on any atom is -0.347 e. The van der Waals surface area contributed by atoms with Gasteiger partial charge in [0.1, 0.15) is 5.82 Å². The molecule has 0 N–H and O–H groups in total. The van der Waals surface area contributed by atoms with Gasteiger partial charge in [0.15, 0.2) is 0 Å². The van der Waals surface area contributed by atoms with E-state index in [9.17, 15) is 9.18 Å². The Kier molecular flexibility index (Phi) is 5.71. The molecule has 0 unspecified atom stereocenters. The van der Waals surface area contributed by atoms with Crippen molar-refractivity contribution >= 4 is 11.9 Å². The molecule has 7 nitrogen and oxygen atoms in total. The van der Waals surface area contributed by atoms with Gasteiger partial charge in [-0.3, -0.25) is 9.48 Å². The summed E-state index contributed by atoms with van der Waals surface area (Å²) in [5.41, 5.74) is 4.01. The monoisotopic (exact) mass is 422 g/mol. The quantitative estimate of drug-likeness (QED) is 0.645. The molecule has 0 aliphatic carbocycles. The summed E-state index contributed by atoms with van der Waals surface area (Å²) < 4.78 is 15.1. The van der Waals surface area contributed by atoms with Crippen LogP contribution in [0.3, 0.4) is 0 Å². The number of benzene rings is 1. The zero-order chi connectivity index (χ0) is 22.1. The number of carbonyl (C=O) groups is 1. The van der Waals surface area contributed by atoms with Crippen molar-refractivity contribution in [3.8, 4) is 11.1 Å². The number of likely N-dealkylation sites (tertiary alicyclic amines) is 1. The second-order valence-electron chi connectivity index (χ2n) is 8.26. The Morgan fingerprint density at radius 1 is 1.23 bits per heavy atom. The summed E-state index contributed by atoms with van der Waals surface area (Å²) in [7, 11) is 5.62. The molecule has 1 aromatic carbocycles. The van der Waals surface area contributed by atoms with Gasteiger partial charge < -0.3 is 9.80 Å². The summed E-state index contributed by atoms with van der Waals surface area (Å²) in [4.78, 5) is 26.3. The number of aromatic nitrogens is 4. The summed E-state index contributed by atoms with van der Waals surface area (Å²) in [6.45, 7) is 3.14. The maximum Gasteiger partial charge on any atom is 0.257 e. The number of amides is 1. The molecule has 1 saturated heterocycles. The third-order valence-electron chi connectivity index (χ3n) is 5.70. The molecule has 162 valence electrons. The summed E-state index contributed by atoms with van der Waals surface area (Å²) in [6.07, 6.45) is 5.39. The maximum atomic E-state index is 13.5. The van der Waals surface area contributed by atoms with Crippen LogP contribution in [0.4, 0.5) is 10.3 Å². The molecule has 3 heterocycles. The fourth-order valence-electron chi connectivity index (χ4n) is 4.13. The van der Waals surface area contributed by atoms with E-state index in [-0.39, 0.29) is 17.6 Å². The van der Waals surface area contributed by atoms with E-state index in [0.717, 1.165) is 35.4 Å². The van der Waals surface area contributed by atoms with E-state index >= 15 is 0 Å². The summed E-state index contributed by atoms with van der Waals surface area (Å²) in [5, 5.41) is 4.31. The number of carbonyl (C=O) groups excluding carboxylic acids is 1. The van der Waals surface area contributed by atoms with Crippen molar-refractivity contribution in [3.05, 3.63) is 59.4 Å². The van der Waals surface area contributed by atoms with Crippen LogP contribution in [-0.2, 0) is 7.05 Å². The molecule has 0 radical (unpaired) electrons. The summed E-state index contributed by atoms with van der Waals surface area (Å²) in [5.74, 6) is 0.404. The highest BCUT2D eigenvalue weighted by Gasteiger charge is 2.30. The SMILES string of the molecule is Cc1nn(C)cc1C(=O)N1CCC[C@@H](c2nc(N(C)C)ncc2-c2ccc(F)cc2)C1. The van der Waals surface area contributed by atoms with E-state index < -0.39 is 0 Å². The largest absolute Gasteiger partial charge is 0.347 e. The van der Waals surface area contributed by atoms with Crippen molar-refractivity contribution in [2.75, 3.05) is 32.1 Å². The first-order valence-electron chi connectivity index (χ1n) is 10.4. The van der Waals surface area contributed by atoms with Crippen molar-refractivity contribution < 1.29 is 9.18 Å². The van der Waals surface area contributed by atoms with Gasteiger partial charge in [0.05, 0.1) is 17.0 Å². The van der Waals surface area contributed by atoms with Crippen molar-refractivity contribution in [2.24, 2.45) is 7.05 Å². The van der Waals surface area contributed by atoms with Crippen LogP contribution in [-0.4, -0.2) is 57.7 Å². The number of piperidine rings is 1. The van der Waals surface area contributed by atoms with Crippen molar-refractivity contribution in [3.63, 3.8) is 0 Å². The zero-order valence-corrected chi connectivity index (χ0v) is 18.3. The molecular formula is C23H27FN6O.